The molecule has 1 saturated carbocycles. The van der Waals surface area contributed by atoms with Crippen LogP contribution in [0, 0.1) is 5.92 Å². The molecule has 2 heterocycles. The number of rotatable bonds is 5. The van der Waals surface area contributed by atoms with Crippen molar-refractivity contribution >= 4 is 53.4 Å². The van der Waals surface area contributed by atoms with Crippen LogP contribution in [0.3, 0.4) is 0 Å². The zero-order chi connectivity index (χ0) is 16.5. The standard InChI is InChI=1S/C18H22N4OS.2ClH/c19-8-7-17-20-14(12-24-17)18(23)22-10-9-21(11-13-5-6-13)15-3-1-2-4-16(15)22;;/h1-4,12-13H,5-11,19H2;2*1H. The van der Waals surface area contributed by atoms with Gasteiger partial charge in [0.25, 0.3) is 5.91 Å². The number of hydrogen-bond donors (Lipinski definition) is 1. The third-order valence-corrected chi connectivity index (χ3v) is 5.57. The summed E-state index contributed by atoms with van der Waals surface area (Å²) >= 11 is 1.52. The molecule has 0 spiro atoms. The van der Waals surface area contributed by atoms with Crippen LogP contribution in [-0.2, 0) is 6.42 Å². The number of amides is 1. The van der Waals surface area contributed by atoms with Gasteiger partial charge in [-0.15, -0.1) is 36.2 Å². The Bertz CT molecular complexity index is 750. The lowest BCUT2D eigenvalue weighted by Gasteiger charge is -2.37. The minimum Gasteiger partial charge on any atom is -0.368 e. The summed E-state index contributed by atoms with van der Waals surface area (Å²) < 4.78 is 0. The molecule has 8 heteroatoms. The van der Waals surface area contributed by atoms with Crippen molar-refractivity contribution in [2.75, 3.05) is 36.0 Å². The molecule has 0 saturated heterocycles. The quantitative estimate of drug-likeness (QED) is 0.814. The van der Waals surface area contributed by atoms with Crippen LogP contribution in [0.25, 0.3) is 0 Å². The number of nitrogens with zero attached hydrogens (tertiary/aromatic N) is 3. The van der Waals surface area contributed by atoms with Crippen molar-refractivity contribution in [3.63, 3.8) is 0 Å². The molecular weight excluding hydrogens is 391 g/mol. The number of benzene rings is 1. The van der Waals surface area contributed by atoms with E-state index in [1.807, 2.05) is 22.4 Å². The number of hydrogen-bond acceptors (Lipinski definition) is 5. The first-order valence-corrected chi connectivity index (χ1v) is 9.44. The van der Waals surface area contributed by atoms with E-state index in [4.69, 9.17) is 5.73 Å². The Balaban J connectivity index is 0.00000121. The summed E-state index contributed by atoms with van der Waals surface area (Å²) in [7, 11) is 0. The van der Waals surface area contributed by atoms with Crippen LogP contribution in [0.15, 0.2) is 29.6 Å². The lowest BCUT2D eigenvalue weighted by atomic mass is 10.1. The van der Waals surface area contributed by atoms with Crippen LogP contribution >= 0.6 is 36.2 Å². The summed E-state index contributed by atoms with van der Waals surface area (Å²) in [6, 6.07) is 8.22. The zero-order valence-corrected chi connectivity index (χ0v) is 16.9. The maximum atomic E-state index is 12.9. The number of para-hydroxylation sites is 2. The minimum atomic E-state index is -0.00644. The Kier molecular flexibility index (Phi) is 7.29. The van der Waals surface area contributed by atoms with Gasteiger partial charge in [-0.2, -0.15) is 0 Å². The topological polar surface area (TPSA) is 62.5 Å². The fourth-order valence-electron chi connectivity index (χ4n) is 3.22. The molecule has 4 rings (SSSR count). The zero-order valence-electron chi connectivity index (χ0n) is 14.5. The maximum absolute atomic E-state index is 12.9. The van der Waals surface area contributed by atoms with E-state index in [0.29, 0.717) is 18.8 Å². The van der Waals surface area contributed by atoms with E-state index >= 15 is 0 Å². The van der Waals surface area contributed by atoms with E-state index in [9.17, 15) is 4.79 Å². The Hall–Kier alpha value is -1.34. The van der Waals surface area contributed by atoms with Gasteiger partial charge < -0.3 is 15.5 Å². The molecule has 1 fully saturated rings. The first-order valence-electron chi connectivity index (χ1n) is 8.56. The summed E-state index contributed by atoms with van der Waals surface area (Å²) in [6.45, 7) is 3.27. The van der Waals surface area contributed by atoms with Crippen LogP contribution in [0.4, 0.5) is 11.4 Å². The van der Waals surface area contributed by atoms with Crippen molar-refractivity contribution in [3.8, 4) is 0 Å². The Labute approximate surface area is 170 Å². The van der Waals surface area contributed by atoms with Crippen molar-refractivity contribution in [2.45, 2.75) is 19.3 Å². The SMILES string of the molecule is Cl.Cl.NCCc1nc(C(=O)N2CCN(CC3CC3)c3ccccc32)cs1. The van der Waals surface area contributed by atoms with Crippen molar-refractivity contribution in [1.82, 2.24) is 4.98 Å². The summed E-state index contributed by atoms with van der Waals surface area (Å²) in [5.41, 5.74) is 8.28. The molecule has 1 aliphatic heterocycles. The molecule has 1 amide bonds. The highest BCUT2D eigenvalue weighted by Crippen LogP contribution is 2.37. The van der Waals surface area contributed by atoms with Gasteiger partial charge >= 0.3 is 0 Å². The van der Waals surface area contributed by atoms with Gasteiger partial charge in [-0.05, 0) is 37.4 Å². The van der Waals surface area contributed by atoms with E-state index in [-0.39, 0.29) is 30.7 Å². The molecule has 142 valence electrons. The lowest BCUT2D eigenvalue weighted by Crippen LogP contribution is -2.44. The number of carbonyl (C=O) groups is 1. The monoisotopic (exact) mass is 414 g/mol. The van der Waals surface area contributed by atoms with Crippen molar-refractivity contribution in [3.05, 3.63) is 40.3 Å². The molecule has 5 nitrogen and oxygen atoms in total. The van der Waals surface area contributed by atoms with Crippen LogP contribution < -0.4 is 15.5 Å². The number of carbonyl (C=O) groups excluding carboxylic acids is 1. The van der Waals surface area contributed by atoms with Gasteiger partial charge in [0, 0.05) is 31.4 Å². The van der Waals surface area contributed by atoms with Gasteiger partial charge in [-0.3, -0.25) is 4.79 Å². The number of nitrogens with two attached hydrogens (primary N) is 1. The molecule has 1 aromatic carbocycles. The van der Waals surface area contributed by atoms with Crippen LogP contribution in [-0.4, -0.2) is 37.1 Å². The molecule has 2 N–H and O–H groups in total. The highest BCUT2D eigenvalue weighted by Gasteiger charge is 2.31. The second-order valence-corrected chi connectivity index (χ2v) is 7.44. The third-order valence-electron chi connectivity index (χ3n) is 4.66. The average Bonchev–Trinajstić information content (AvgIpc) is 3.30. The fourth-order valence-corrected chi connectivity index (χ4v) is 4.01. The summed E-state index contributed by atoms with van der Waals surface area (Å²) in [4.78, 5) is 21.7. The van der Waals surface area contributed by atoms with Crippen LogP contribution in [0.5, 0.6) is 0 Å². The molecule has 1 aliphatic carbocycles. The number of fused-ring (bicyclic) bond motifs is 1. The predicted molar refractivity (Wildman–Crippen MR) is 112 cm³/mol. The van der Waals surface area contributed by atoms with Crippen LogP contribution in [0.1, 0.15) is 28.3 Å². The van der Waals surface area contributed by atoms with E-state index in [0.717, 1.165) is 36.1 Å². The van der Waals surface area contributed by atoms with E-state index < -0.39 is 0 Å². The number of halogens is 2. The Morgan fingerprint density at radius 1 is 1.19 bits per heavy atom. The molecule has 0 atom stereocenters. The van der Waals surface area contributed by atoms with Gasteiger partial charge in [0.1, 0.15) is 5.69 Å². The normalized spacial score (nSPS) is 15.7. The molecule has 26 heavy (non-hydrogen) atoms. The Morgan fingerprint density at radius 3 is 2.62 bits per heavy atom. The fraction of sp³-hybridized carbons (Fsp3) is 0.444. The predicted octanol–water partition coefficient (Wildman–Crippen LogP) is 3.36. The van der Waals surface area contributed by atoms with Gasteiger partial charge in [0.05, 0.1) is 16.4 Å². The lowest BCUT2D eigenvalue weighted by molar-refractivity contribution is 0.0982. The molecular formula is C18H24Cl2N4OS. The van der Waals surface area contributed by atoms with Gasteiger partial charge in [0.15, 0.2) is 0 Å². The van der Waals surface area contributed by atoms with Crippen molar-refractivity contribution in [2.24, 2.45) is 11.7 Å². The smallest absolute Gasteiger partial charge is 0.277 e. The Morgan fingerprint density at radius 2 is 1.92 bits per heavy atom. The second-order valence-electron chi connectivity index (χ2n) is 6.50. The molecule has 2 aromatic rings. The molecule has 0 unspecified atom stereocenters. The maximum Gasteiger partial charge on any atom is 0.277 e. The highest BCUT2D eigenvalue weighted by molar-refractivity contribution is 7.09. The first-order chi connectivity index (χ1) is 11.8. The molecule has 0 radical (unpaired) electrons. The summed E-state index contributed by atoms with van der Waals surface area (Å²) in [6.07, 6.45) is 3.40. The highest BCUT2D eigenvalue weighted by atomic mass is 35.5. The number of aromatic nitrogens is 1. The van der Waals surface area contributed by atoms with E-state index in [2.05, 4.69) is 22.0 Å². The van der Waals surface area contributed by atoms with Crippen molar-refractivity contribution < 1.29 is 4.79 Å². The first kappa shape index (κ1) is 21.0. The van der Waals surface area contributed by atoms with Gasteiger partial charge in [0.2, 0.25) is 0 Å². The number of anilines is 2. The largest absolute Gasteiger partial charge is 0.368 e. The molecule has 1 aromatic heterocycles. The average molecular weight is 415 g/mol. The second kappa shape index (κ2) is 9.04. The van der Waals surface area contributed by atoms with E-state index in [1.54, 1.807) is 0 Å². The summed E-state index contributed by atoms with van der Waals surface area (Å²) in [5, 5.41) is 2.79. The van der Waals surface area contributed by atoms with E-state index in [1.165, 1.54) is 29.9 Å². The summed E-state index contributed by atoms with van der Waals surface area (Å²) in [5.74, 6) is 0.825. The van der Waals surface area contributed by atoms with Crippen LogP contribution in [0.2, 0.25) is 0 Å². The van der Waals surface area contributed by atoms with Crippen molar-refractivity contribution in [1.29, 1.82) is 0 Å². The molecule has 0 bridgehead atoms. The van der Waals surface area contributed by atoms with Gasteiger partial charge in [-0.25, -0.2) is 4.98 Å². The van der Waals surface area contributed by atoms with Gasteiger partial charge in [-0.1, -0.05) is 12.1 Å². The molecule has 2 aliphatic rings. The minimum absolute atomic E-state index is 0. The third kappa shape index (κ3) is 4.31. The number of thiazole rings is 1.